The molecule has 0 spiro atoms. The number of fused-ring (bicyclic) bond motifs is 1. The quantitative estimate of drug-likeness (QED) is 0.787. The van der Waals surface area contributed by atoms with E-state index in [2.05, 4.69) is 39.6 Å². The fourth-order valence-corrected chi connectivity index (χ4v) is 3.08. The van der Waals surface area contributed by atoms with E-state index in [4.69, 9.17) is 0 Å². The van der Waals surface area contributed by atoms with Crippen molar-refractivity contribution in [2.45, 2.75) is 33.2 Å². The number of rotatable bonds is 5. The maximum Gasteiger partial charge on any atom is 0.155 e. The van der Waals surface area contributed by atoms with Gasteiger partial charge in [0.2, 0.25) is 0 Å². The number of thiazole rings is 1. The molecule has 21 heavy (non-hydrogen) atoms. The zero-order chi connectivity index (χ0) is 14.8. The van der Waals surface area contributed by atoms with Crippen molar-refractivity contribution >= 4 is 17.0 Å². The van der Waals surface area contributed by atoms with Crippen molar-refractivity contribution in [3.63, 3.8) is 0 Å². The van der Waals surface area contributed by atoms with Gasteiger partial charge in [-0.05, 0) is 20.8 Å². The summed E-state index contributed by atoms with van der Waals surface area (Å²) in [5, 5.41) is 10.1. The highest BCUT2D eigenvalue weighted by molar-refractivity contribution is 7.07. The molecule has 3 rings (SSSR count). The van der Waals surface area contributed by atoms with Gasteiger partial charge in [-0.25, -0.2) is 14.5 Å². The second kappa shape index (κ2) is 5.91. The molecule has 5 nitrogen and oxygen atoms in total. The van der Waals surface area contributed by atoms with Crippen LogP contribution in [0.3, 0.4) is 0 Å². The minimum absolute atomic E-state index is 0.241. The number of hydrogen-bond acceptors (Lipinski definition) is 5. The van der Waals surface area contributed by atoms with Gasteiger partial charge >= 0.3 is 0 Å². The van der Waals surface area contributed by atoms with Crippen molar-refractivity contribution < 1.29 is 0 Å². The van der Waals surface area contributed by atoms with Crippen LogP contribution in [0.5, 0.6) is 0 Å². The summed E-state index contributed by atoms with van der Waals surface area (Å²) in [5.74, 6) is 0. The lowest BCUT2D eigenvalue weighted by Gasteiger charge is -2.16. The van der Waals surface area contributed by atoms with Crippen LogP contribution in [0.15, 0.2) is 23.2 Å². The van der Waals surface area contributed by atoms with Crippen LogP contribution in [0.1, 0.15) is 35.6 Å². The summed E-state index contributed by atoms with van der Waals surface area (Å²) in [6, 6.07) is 2.24. The average molecular weight is 301 g/mol. The van der Waals surface area contributed by atoms with Crippen LogP contribution in [0.4, 0.5) is 0 Å². The lowest BCUT2D eigenvalue weighted by Crippen LogP contribution is -2.23. The first kappa shape index (κ1) is 14.2. The Hall–Kier alpha value is -1.79. The molecule has 0 aliphatic heterocycles. The fourth-order valence-electron chi connectivity index (χ4n) is 2.49. The van der Waals surface area contributed by atoms with E-state index < -0.39 is 0 Å². The van der Waals surface area contributed by atoms with Gasteiger partial charge in [0.05, 0.1) is 16.9 Å². The molecule has 0 saturated heterocycles. The Balaban J connectivity index is 1.71. The Morgan fingerprint density at radius 2 is 2.19 bits per heavy atom. The highest BCUT2D eigenvalue weighted by Crippen LogP contribution is 2.18. The Morgan fingerprint density at radius 1 is 1.33 bits per heavy atom. The Kier molecular flexibility index (Phi) is 3.98. The van der Waals surface area contributed by atoms with Gasteiger partial charge in [-0.15, -0.1) is 11.3 Å². The number of aryl methyl sites for hydroxylation is 2. The van der Waals surface area contributed by atoms with E-state index in [1.54, 1.807) is 11.3 Å². The van der Waals surface area contributed by atoms with Gasteiger partial charge in [0, 0.05) is 47.9 Å². The topological polar surface area (TPSA) is 55.1 Å². The van der Waals surface area contributed by atoms with Crippen molar-refractivity contribution in [1.29, 1.82) is 0 Å². The summed E-state index contributed by atoms with van der Waals surface area (Å²) in [5.41, 5.74) is 7.24. The summed E-state index contributed by atoms with van der Waals surface area (Å²) in [6.45, 7) is 7.14. The van der Waals surface area contributed by atoms with Gasteiger partial charge in [-0.1, -0.05) is 0 Å². The molecular weight excluding hydrogens is 282 g/mol. The van der Waals surface area contributed by atoms with E-state index in [-0.39, 0.29) is 6.04 Å². The average Bonchev–Trinajstić information content (AvgIpc) is 3.08. The molecule has 0 aliphatic rings. The molecule has 1 N–H and O–H groups in total. The van der Waals surface area contributed by atoms with Gasteiger partial charge in [-0.3, -0.25) is 0 Å². The van der Waals surface area contributed by atoms with Crippen molar-refractivity contribution in [2.75, 3.05) is 6.54 Å². The van der Waals surface area contributed by atoms with Gasteiger partial charge < -0.3 is 5.32 Å². The number of hydrogen-bond donors (Lipinski definition) is 1. The molecule has 0 aliphatic carbocycles. The predicted molar refractivity (Wildman–Crippen MR) is 84.7 cm³/mol. The molecule has 0 fully saturated rings. The third-order valence-electron chi connectivity index (χ3n) is 3.67. The first-order valence-electron chi connectivity index (χ1n) is 7.07. The zero-order valence-corrected chi connectivity index (χ0v) is 13.3. The SMILES string of the molecule is Cc1cc2ncc(C(C)NCCc3cscn3)c(C)n2n1. The van der Waals surface area contributed by atoms with Crippen LogP contribution in [-0.2, 0) is 6.42 Å². The van der Waals surface area contributed by atoms with Gasteiger partial charge in [-0.2, -0.15) is 5.10 Å². The summed E-state index contributed by atoms with van der Waals surface area (Å²) in [4.78, 5) is 8.79. The summed E-state index contributed by atoms with van der Waals surface area (Å²) < 4.78 is 1.92. The molecule has 3 aromatic heterocycles. The zero-order valence-electron chi connectivity index (χ0n) is 12.5. The summed E-state index contributed by atoms with van der Waals surface area (Å²) in [6.07, 6.45) is 2.90. The van der Waals surface area contributed by atoms with E-state index >= 15 is 0 Å². The highest BCUT2D eigenvalue weighted by atomic mass is 32.1. The van der Waals surface area contributed by atoms with Crippen LogP contribution in [0, 0.1) is 13.8 Å². The van der Waals surface area contributed by atoms with E-state index in [1.165, 1.54) is 5.56 Å². The second-order valence-corrected chi connectivity index (χ2v) is 5.98. The normalized spacial score (nSPS) is 12.9. The van der Waals surface area contributed by atoms with E-state index in [0.717, 1.165) is 35.7 Å². The lowest BCUT2D eigenvalue weighted by atomic mass is 10.1. The smallest absolute Gasteiger partial charge is 0.155 e. The Labute approximate surface area is 128 Å². The molecule has 1 unspecified atom stereocenters. The van der Waals surface area contributed by atoms with Crippen LogP contribution >= 0.6 is 11.3 Å². The van der Waals surface area contributed by atoms with E-state index in [9.17, 15) is 0 Å². The minimum Gasteiger partial charge on any atom is -0.310 e. The predicted octanol–water partition coefficient (Wildman–Crippen LogP) is 2.70. The molecule has 0 aromatic carbocycles. The molecular formula is C15H19N5S. The van der Waals surface area contributed by atoms with Crippen LogP contribution in [-0.4, -0.2) is 26.1 Å². The largest absolute Gasteiger partial charge is 0.310 e. The molecule has 1 atom stereocenters. The Bertz CT molecular complexity index is 732. The Morgan fingerprint density at radius 3 is 2.95 bits per heavy atom. The molecule has 0 radical (unpaired) electrons. The molecule has 110 valence electrons. The highest BCUT2D eigenvalue weighted by Gasteiger charge is 2.12. The minimum atomic E-state index is 0.241. The summed E-state index contributed by atoms with van der Waals surface area (Å²) >= 11 is 1.64. The molecule has 0 amide bonds. The van der Waals surface area contributed by atoms with Gasteiger partial charge in [0.1, 0.15) is 0 Å². The number of aromatic nitrogens is 4. The molecule has 6 heteroatoms. The van der Waals surface area contributed by atoms with E-state index in [0.29, 0.717) is 0 Å². The van der Waals surface area contributed by atoms with Crippen molar-refractivity contribution in [2.24, 2.45) is 0 Å². The maximum absolute atomic E-state index is 4.49. The molecule has 0 saturated carbocycles. The first-order chi connectivity index (χ1) is 10.1. The van der Waals surface area contributed by atoms with Gasteiger partial charge in [0.15, 0.2) is 5.65 Å². The maximum atomic E-state index is 4.49. The first-order valence-corrected chi connectivity index (χ1v) is 8.02. The second-order valence-electron chi connectivity index (χ2n) is 5.26. The third-order valence-corrected chi connectivity index (χ3v) is 4.30. The molecule has 3 aromatic rings. The van der Waals surface area contributed by atoms with Crippen molar-refractivity contribution in [3.05, 3.63) is 45.8 Å². The van der Waals surface area contributed by atoms with Crippen molar-refractivity contribution in [1.82, 2.24) is 24.9 Å². The number of nitrogens with one attached hydrogen (secondary N) is 1. The van der Waals surface area contributed by atoms with Crippen LogP contribution in [0.2, 0.25) is 0 Å². The van der Waals surface area contributed by atoms with E-state index in [1.807, 2.05) is 29.2 Å². The van der Waals surface area contributed by atoms with Crippen molar-refractivity contribution in [3.8, 4) is 0 Å². The lowest BCUT2D eigenvalue weighted by molar-refractivity contribution is 0.565. The van der Waals surface area contributed by atoms with Crippen LogP contribution < -0.4 is 5.32 Å². The van der Waals surface area contributed by atoms with Crippen LogP contribution in [0.25, 0.3) is 5.65 Å². The fraction of sp³-hybridized carbons (Fsp3) is 0.400. The number of nitrogens with zero attached hydrogens (tertiary/aromatic N) is 4. The standard InChI is InChI=1S/C15H19N5S/c1-10-6-15-17-7-14(12(3)20(15)19-10)11(2)16-5-4-13-8-21-9-18-13/h6-9,11,16H,4-5H2,1-3H3. The van der Waals surface area contributed by atoms with Gasteiger partial charge in [0.25, 0.3) is 0 Å². The molecule has 0 bridgehead atoms. The molecule has 3 heterocycles. The monoisotopic (exact) mass is 301 g/mol. The third kappa shape index (κ3) is 2.96. The summed E-state index contributed by atoms with van der Waals surface area (Å²) in [7, 11) is 0.